The molecule has 24 heavy (non-hydrogen) atoms. The van der Waals surface area contributed by atoms with Crippen LogP contribution in [0.5, 0.6) is 0 Å². The average Bonchev–Trinajstić information content (AvgIpc) is 3.04. The van der Waals surface area contributed by atoms with Gasteiger partial charge in [0.15, 0.2) is 12.0 Å². The van der Waals surface area contributed by atoms with Crippen LogP contribution in [0.4, 0.5) is 0 Å². The number of pyridine rings is 1. The van der Waals surface area contributed by atoms with E-state index in [1.165, 1.54) is 6.39 Å². The highest BCUT2D eigenvalue weighted by molar-refractivity contribution is 6.30. The highest BCUT2D eigenvalue weighted by Gasteiger charge is 2.09. The first-order chi connectivity index (χ1) is 11.6. The third-order valence-corrected chi connectivity index (χ3v) is 4.26. The van der Waals surface area contributed by atoms with Crippen LogP contribution in [0, 0.1) is 6.92 Å². The van der Waals surface area contributed by atoms with Crippen LogP contribution < -0.4 is 5.56 Å². The third-order valence-electron chi connectivity index (χ3n) is 4.01. The molecule has 0 saturated carbocycles. The van der Waals surface area contributed by atoms with E-state index in [0.29, 0.717) is 5.02 Å². The van der Waals surface area contributed by atoms with Crippen LogP contribution in [-0.4, -0.2) is 9.55 Å². The molecule has 0 fully saturated rings. The summed E-state index contributed by atoms with van der Waals surface area (Å²) in [5.41, 5.74) is 5.08. The Balaban J connectivity index is 1.90. The standard InChI is InChI=1S/C19H13ClN2O2/c1-12-8-19(23)22(15-5-3-14(20)4-6-15)10-16(12)13-2-7-18-17(9-13)21-11-24-18/h2-11H,1H3. The summed E-state index contributed by atoms with van der Waals surface area (Å²) in [4.78, 5) is 16.6. The number of oxazole rings is 1. The normalized spacial score (nSPS) is 11.1. The molecule has 0 aliphatic rings. The van der Waals surface area contributed by atoms with E-state index in [9.17, 15) is 4.79 Å². The Morgan fingerprint density at radius 2 is 1.88 bits per heavy atom. The summed E-state index contributed by atoms with van der Waals surface area (Å²) in [6.45, 7) is 1.93. The van der Waals surface area contributed by atoms with Gasteiger partial charge in [-0.3, -0.25) is 9.36 Å². The summed E-state index contributed by atoms with van der Waals surface area (Å²) in [5, 5.41) is 0.635. The highest BCUT2D eigenvalue weighted by Crippen LogP contribution is 2.26. The van der Waals surface area contributed by atoms with Gasteiger partial charge in [-0.1, -0.05) is 17.7 Å². The molecule has 5 heteroatoms. The minimum Gasteiger partial charge on any atom is -0.443 e. The monoisotopic (exact) mass is 336 g/mol. The minimum atomic E-state index is -0.0823. The summed E-state index contributed by atoms with van der Waals surface area (Å²) in [6.07, 6.45) is 3.28. The molecule has 0 saturated heterocycles. The van der Waals surface area contributed by atoms with Gasteiger partial charge in [0, 0.05) is 28.5 Å². The van der Waals surface area contributed by atoms with Crippen molar-refractivity contribution in [3.05, 3.63) is 82.1 Å². The number of halogens is 1. The smallest absolute Gasteiger partial charge is 0.255 e. The van der Waals surface area contributed by atoms with Gasteiger partial charge in [0.25, 0.3) is 5.56 Å². The summed E-state index contributed by atoms with van der Waals surface area (Å²) in [7, 11) is 0. The number of aryl methyl sites for hydroxylation is 1. The number of hydrogen-bond acceptors (Lipinski definition) is 3. The SMILES string of the molecule is Cc1cc(=O)n(-c2ccc(Cl)cc2)cc1-c1ccc2ocnc2c1. The van der Waals surface area contributed by atoms with Crippen LogP contribution in [0.1, 0.15) is 5.56 Å². The Morgan fingerprint density at radius 3 is 2.67 bits per heavy atom. The molecule has 2 aromatic carbocycles. The van der Waals surface area contributed by atoms with Crippen molar-refractivity contribution in [1.82, 2.24) is 9.55 Å². The molecule has 0 amide bonds. The number of hydrogen-bond donors (Lipinski definition) is 0. The maximum Gasteiger partial charge on any atom is 0.255 e. The van der Waals surface area contributed by atoms with E-state index in [1.54, 1.807) is 22.8 Å². The largest absolute Gasteiger partial charge is 0.443 e. The second-order valence-electron chi connectivity index (χ2n) is 5.59. The van der Waals surface area contributed by atoms with Gasteiger partial charge in [0.05, 0.1) is 0 Å². The van der Waals surface area contributed by atoms with Crippen LogP contribution >= 0.6 is 11.6 Å². The lowest BCUT2D eigenvalue weighted by atomic mass is 10.0. The van der Waals surface area contributed by atoms with Gasteiger partial charge >= 0.3 is 0 Å². The second-order valence-corrected chi connectivity index (χ2v) is 6.03. The topological polar surface area (TPSA) is 48.0 Å². The van der Waals surface area contributed by atoms with E-state index < -0.39 is 0 Å². The first-order valence-electron chi connectivity index (χ1n) is 7.45. The van der Waals surface area contributed by atoms with Gasteiger partial charge in [0.1, 0.15) is 5.52 Å². The summed E-state index contributed by atoms with van der Waals surface area (Å²) < 4.78 is 6.90. The van der Waals surface area contributed by atoms with Gasteiger partial charge < -0.3 is 4.42 Å². The van der Waals surface area contributed by atoms with Crippen molar-refractivity contribution in [2.75, 3.05) is 0 Å². The van der Waals surface area contributed by atoms with E-state index in [-0.39, 0.29) is 5.56 Å². The third kappa shape index (κ3) is 2.51. The molecule has 0 N–H and O–H groups in total. The number of nitrogens with zero attached hydrogens (tertiary/aromatic N) is 2. The van der Waals surface area contributed by atoms with E-state index in [0.717, 1.165) is 33.5 Å². The molecule has 4 rings (SSSR count). The Kier molecular flexibility index (Phi) is 3.47. The van der Waals surface area contributed by atoms with Crippen LogP contribution in [0.2, 0.25) is 5.02 Å². The van der Waals surface area contributed by atoms with E-state index in [1.807, 2.05) is 43.5 Å². The van der Waals surface area contributed by atoms with Crippen molar-refractivity contribution >= 4 is 22.7 Å². The quantitative estimate of drug-likeness (QED) is 0.537. The van der Waals surface area contributed by atoms with Crippen molar-refractivity contribution in [2.24, 2.45) is 0 Å². The fourth-order valence-electron chi connectivity index (χ4n) is 2.76. The van der Waals surface area contributed by atoms with E-state index in [4.69, 9.17) is 16.0 Å². The van der Waals surface area contributed by atoms with Crippen LogP contribution in [0.15, 0.2) is 70.3 Å². The number of benzene rings is 2. The molecule has 0 spiro atoms. The Hall–Kier alpha value is -2.85. The van der Waals surface area contributed by atoms with Crippen LogP contribution in [0.25, 0.3) is 27.9 Å². The zero-order valence-corrected chi connectivity index (χ0v) is 13.6. The van der Waals surface area contributed by atoms with Crippen molar-refractivity contribution in [2.45, 2.75) is 6.92 Å². The highest BCUT2D eigenvalue weighted by atomic mass is 35.5. The first-order valence-corrected chi connectivity index (χ1v) is 7.82. The Labute approximate surface area is 143 Å². The van der Waals surface area contributed by atoms with Crippen molar-refractivity contribution in [3.63, 3.8) is 0 Å². The molecule has 2 heterocycles. The molecule has 0 unspecified atom stereocenters. The van der Waals surface area contributed by atoms with E-state index in [2.05, 4.69) is 4.98 Å². The molecule has 0 aliphatic carbocycles. The zero-order chi connectivity index (χ0) is 16.7. The molecule has 0 atom stereocenters. The predicted molar refractivity (Wildman–Crippen MR) is 94.8 cm³/mol. The molecule has 4 aromatic rings. The molecule has 2 aromatic heterocycles. The lowest BCUT2D eigenvalue weighted by molar-refractivity contribution is 0.602. The van der Waals surface area contributed by atoms with Crippen molar-refractivity contribution in [3.8, 4) is 16.8 Å². The molecule has 0 aliphatic heterocycles. The van der Waals surface area contributed by atoms with Crippen molar-refractivity contribution in [1.29, 1.82) is 0 Å². The molecule has 118 valence electrons. The molecular weight excluding hydrogens is 324 g/mol. The maximum absolute atomic E-state index is 12.4. The lowest BCUT2D eigenvalue weighted by Gasteiger charge is -2.11. The second kappa shape index (κ2) is 5.65. The maximum atomic E-state index is 12.4. The number of fused-ring (bicyclic) bond motifs is 1. The molecular formula is C19H13ClN2O2. The van der Waals surface area contributed by atoms with Gasteiger partial charge in [0.2, 0.25) is 0 Å². The summed E-state index contributed by atoms with van der Waals surface area (Å²) >= 11 is 5.93. The van der Waals surface area contributed by atoms with Gasteiger partial charge in [-0.2, -0.15) is 0 Å². The lowest BCUT2D eigenvalue weighted by Crippen LogP contribution is -2.17. The zero-order valence-electron chi connectivity index (χ0n) is 12.9. The van der Waals surface area contributed by atoms with Gasteiger partial charge in [-0.05, 0) is 54.4 Å². The van der Waals surface area contributed by atoms with E-state index >= 15 is 0 Å². The fourth-order valence-corrected chi connectivity index (χ4v) is 2.88. The first kappa shape index (κ1) is 14.7. The Morgan fingerprint density at radius 1 is 1.08 bits per heavy atom. The predicted octanol–water partition coefficient (Wildman–Crippen LogP) is 4.61. The number of aromatic nitrogens is 2. The van der Waals surface area contributed by atoms with Gasteiger partial charge in [-0.15, -0.1) is 0 Å². The van der Waals surface area contributed by atoms with Crippen LogP contribution in [-0.2, 0) is 0 Å². The molecule has 4 nitrogen and oxygen atoms in total. The Bertz CT molecular complexity index is 1090. The van der Waals surface area contributed by atoms with Crippen molar-refractivity contribution < 1.29 is 4.42 Å². The fraction of sp³-hybridized carbons (Fsp3) is 0.0526. The summed E-state index contributed by atoms with van der Waals surface area (Å²) in [5.74, 6) is 0. The summed E-state index contributed by atoms with van der Waals surface area (Å²) in [6, 6.07) is 14.6. The molecule has 0 bridgehead atoms. The minimum absolute atomic E-state index is 0.0823. The van der Waals surface area contributed by atoms with Gasteiger partial charge in [-0.25, -0.2) is 4.98 Å². The molecule has 0 radical (unpaired) electrons. The average molecular weight is 337 g/mol. The van der Waals surface area contributed by atoms with Crippen LogP contribution in [0.3, 0.4) is 0 Å². The number of rotatable bonds is 2.